The van der Waals surface area contributed by atoms with Crippen LogP contribution in [0.1, 0.15) is 28.9 Å². The molecule has 2 heterocycles. The van der Waals surface area contributed by atoms with Crippen molar-refractivity contribution in [3.05, 3.63) is 52.8 Å². The van der Waals surface area contributed by atoms with Crippen molar-refractivity contribution >= 4 is 11.8 Å². The molecule has 25 heavy (non-hydrogen) atoms. The lowest BCUT2D eigenvalue weighted by atomic mass is 10.1. The van der Waals surface area contributed by atoms with Crippen molar-refractivity contribution in [2.45, 2.75) is 39.3 Å². The Morgan fingerprint density at radius 1 is 1.32 bits per heavy atom. The molecule has 6 nitrogen and oxygen atoms in total. The van der Waals surface area contributed by atoms with Crippen LogP contribution in [0.4, 0.5) is 0 Å². The first-order chi connectivity index (χ1) is 12.0. The van der Waals surface area contributed by atoms with Crippen LogP contribution in [0.25, 0.3) is 0 Å². The summed E-state index contributed by atoms with van der Waals surface area (Å²) in [5, 5.41) is 7.03. The molecule has 1 aliphatic rings. The summed E-state index contributed by atoms with van der Waals surface area (Å²) < 4.78 is 0. The van der Waals surface area contributed by atoms with Gasteiger partial charge in [-0.05, 0) is 25.8 Å². The number of carbonyl (C=O) groups is 2. The maximum Gasteiger partial charge on any atom is 0.245 e. The number of nitrogens with zero attached hydrogens (tertiary/aromatic N) is 3. The first-order valence-corrected chi connectivity index (χ1v) is 8.56. The van der Waals surface area contributed by atoms with Gasteiger partial charge < -0.3 is 9.80 Å². The van der Waals surface area contributed by atoms with Gasteiger partial charge in [0, 0.05) is 31.4 Å². The molecule has 132 valence electrons. The predicted octanol–water partition coefficient (Wildman–Crippen LogP) is 1.83. The van der Waals surface area contributed by atoms with Crippen LogP contribution >= 0.6 is 0 Å². The maximum absolute atomic E-state index is 12.7. The number of H-pyrrole nitrogens is 1. The third-order valence-corrected chi connectivity index (χ3v) is 4.96. The van der Waals surface area contributed by atoms with Crippen LogP contribution < -0.4 is 0 Å². The van der Waals surface area contributed by atoms with Crippen molar-refractivity contribution in [2.24, 2.45) is 0 Å². The zero-order valence-corrected chi connectivity index (χ0v) is 15.0. The summed E-state index contributed by atoms with van der Waals surface area (Å²) in [7, 11) is 1.72. The second-order valence-electron chi connectivity index (χ2n) is 6.64. The average Bonchev–Trinajstić information content (AvgIpc) is 3.12. The second kappa shape index (κ2) is 7.09. The first-order valence-electron chi connectivity index (χ1n) is 8.56. The predicted molar refractivity (Wildman–Crippen MR) is 94.8 cm³/mol. The molecular weight excluding hydrogens is 316 g/mol. The molecule has 0 saturated carbocycles. The number of benzene rings is 1. The van der Waals surface area contributed by atoms with E-state index in [4.69, 9.17) is 0 Å². The van der Waals surface area contributed by atoms with Crippen molar-refractivity contribution < 1.29 is 9.59 Å². The number of hydrogen-bond acceptors (Lipinski definition) is 3. The van der Waals surface area contributed by atoms with E-state index in [1.807, 2.05) is 49.1 Å². The SMILES string of the molecule is Cc1n[nH]c(C)c1CC(=O)N(C)C1CCN(Cc2ccccc2)C1=O. The lowest BCUT2D eigenvalue weighted by Gasteiger charge is -2.24. The fourth-order valence-electron chi connectivity index (χ4n) is 3.33. The molecule has 1 atom stereocenters. The normalized spacial score (nSPS) is 17.2. The van der Waals surface area contributed by atoms with Crippen molar-refractivity contribution in [2.75, 3.05) is 13.6 Å². The van der Waals surface area contributed by atoms with E-state index in [1.165, 1.54) is 0 Å². The van der Waals surface area contributed by atoms with E-state index < -0.39 is 0 Å². The third-order valence-electron chi connectivity index (χ3n) is 4.96. The molecule has 1 aromatic heterocycles. The van der Waals surface area contributed by atoms with E-state index in [0.717, 1.165) is 22.5 Å². The molecule has 1 fully saturated rings. The highest BCUT2D eigenvalue weighted by Gasteiger charge is 2.36. The summed E-state index contributed by atoms with van der Waals surface area (Å²) in [4.78, 5) is 28.8. The van der Waals surface area contributed by atoms with Gasteiger partial charge in [-0.3, -0.25) is 14.7 Å². The Labute approximate surface area is 147 Å². The van der Waals surface area contributed by atoms with Gasteiger partial charge in [-0.25, -0.2) is 0 Å². The van der Waals surface area contributed by atoms with Gasteiger partial charge in [-0.15, -0.1) is 0 Å². The van der Waals surface area contributed by atoms with Crippen LogP contribution in [0.3, 0.4) is 0 Å². The Bertz CT molecular complexity index is 749. The standard InChI is InChI=1S/C19H24N4O2/c1-13-16(14(2)21-20-13)11-18(24)22(3)17-9-10-23(19(17)25)12-15-7-5-4-6-8-15/h4-8,17H,9-12H2,1-3H3,(H,20,21). The van der Waals surface area contributed by atoms with Gasteiger partial charge in [0.15, 0.2) is 0 Å². The Hall–Kier alpha value is -2.63. The molecule has 0 aliphatic carbocycles. The first kappa shape index (κ1) is 17.2. The Morgan fingerprint density at radius 2 is 2.04 bits per heavy atom. The molecule has 3 rings (SSSR count). The number of aromatic nitrogens is 2. The number of hydrogen-bond donors (Lipinski definition) is 1. The van der Waals surface area contributed by atoms with Gasteiger partial charge in [0.1, 0.15) is 6.04 Å². The average molecular weight is 340 g/mol. The zero-order valence-electron chi connectivity index (χ0n) is 15.0. The number of likely N-dealkylation sites (N-methyl/N-ethyl adjacent to an activating group) is 1. The highest BCUT2D eigenvalue weighted by molar-refractivity contribution is 5.89. The minimum Gasteiger partial charge on any atom is -0.336 e. The number of nitrogens with one attached hydrogen (secondary N) is 1. The lowest BCUT2D eigenvalue weighted by Crippen LogP contribution is -2.43. The number of rotatable bonds is 5. The number of carbonyl (C=O) groups excluding carboxylic acids is 2. The largest absolute Gasteiger partial charge is 0.336 e. The maximum atomic E-state index is 12.7. The van der Waals surface area contributed by atoms with Gasteiger partial charge in [0.2, 0.25) is 11.8 Å². The summed E-state index contributed by atoms with van der Waals surface area (Å²) >= 11 is 0. The molecule has 6 heteroatoms. The molecular formula is C19H24N4O2. The van der Waals surface area contributed by atoms with Gasteiger partial charge >= 0.3 is 0 Å². The topological polar surface area (TPSA) is 69.3 Å². The quantitative estimate of drug-likeness (QED) is 0.903. The Morgan fingerprint density at radius 3 is 2.68 bits per heavy atom. The zero-order chi connectivity index (χ0) is 18.0. The van der Waals surface area contributed by atoms with Gasteiger partial charge in [-0.1, -0.05) is 30.3 Å². The molecule has 1 unspecified atom stereocenters. The summed E-state index contributed by atoms with van der Waals surface area (Å²) in [5.41, 5.74) is 3.77. The highest BCUT2D eigenvalue weighted by atomic mass is 16.2. The van der Waals surface area contributed by atoms with E-state index in [9.17, 15) is 9.59 Å². The number of aromatic amines is 1. The summed E-state index contributed by atoms with van der Waals surface area (Å²) in [6, 6.07) is 9.56. The van der Waals surface area contributed by atoms with E-state index in [0.29, 0.717) is 19.5 Å². The minimum absolute atomic E-state index is 0.0281. The van der Waals surface area contributed by atoms with Crippen LogP contribution in [0.5, 0.6) is 0 Å². The summed E-state index contributed by atoms with van der Waals surface area (Å²) in [5.74, 6) is -0.0205. The number of likely N-dealkylation sites (tertiary alicyclic amines) is 1. The van der Waals surface area contributed by atoms with Crippen LogP contribution in [-0.2, 0) is 22.6 Å². The Kier molecular flexibility index (Phi) is 4.88. The van der Waals surface area contributed by atoms with E-state index >= 15 is 0 Å². The molecule has 0 radical (unpaired) electrons. The van der Waals surface area contributed by atoms with Gasteiger partial charge in [0.25, 0.3) is 0 Å². The van der Waals surface area contributed by atoms with Crippen LogP contribution in [0.15, 0.2) is 30.3 Å². The molecule has 1 saturated heterocycles. The van der Waals surface area contributed by atoms with E-state index in [1.54, 1.807) is 11.9 Å². The monoisotopic (exact) mass is 340 g/mol. The van der Waals surface area contributed by atoms with E-state index in [2.05, 4.69) is 10.2 Å². The number of amides is 2. The molecule has 1 aliphatic heterocycles. The minimum atomic E-state index is -0.372. The van der Waals surface area contributed by atoms with Gasteiger partial charge in [-0.2, -0.15) is 5.10 Å². The molecule has 1 aromatic carbocycles. The number of aryl methyl sites for hydroxylation is 2. The summed E-state index contributed by atoms with van der Waals surface area (Å²) in [6.07, 6.45) is 0.949. The van der Waals surface area contributed by atoms with Crippen LogP contribution in [0.2, 0.25) is 0 Å². The molecule has 0 bridgehead atoms. The van der Waals surface area contributed by atoms with Crippen molar-refractivity contribution in [3.63, 3.8) is 0 Å². The highest BCUT2D eigenvalue weighted by Crippen LogP contribution is 2.20. The molecule has 2 amide bonds. The van der Waals surface area contributed by atoms with E-state index in [-0.39, 0.29) is 24.3 Å². The lowest BCUT2D eigenvalue weighted by molar-refractivity contribution is -0.140. The third kappa shape index (κ3) is 3.57. The summed E-state index contributed by atoms with van der Waals surface area (Å²) in [6.45, 7) is 5.07. The molecule has 1 N–H and O–H groups in total. The molecule has 0 spiro atoms. The van der Waals surface area contributed by atoms with Crippen LogP contribution in [-0.4, -0.2) is 51.4 Å². The molecule has 2 aromatic rings. The van der Waals surface area contributed by atoms with Crippen molar-refractivity contribution in [1.29, 1.82) is 0 Å². The van der Waals surface area contributed by atoms with Gasteiger partial charge in [0.05, 0.1) is 12.1 Å². The fraction of sp³-hybridized carbons (Fsp3) is 0.421. The van der Waals surface area contributed by atoms with Crippen molar-refractivity contribution in [3.8, 4) is 0 Å². The van der Waals surface area contributed by atoms with Crippen LogP contribution in [0, 0.1) is 13.8 Å². The Balaban J connectivity index is 1.63. The smallest absolute Gasteiger partial charge is 0.245 e. The van der Waals surface area contributed by atoms with Crippen molar-refractivity contribution in [1.82, 2.24) is 20.0 Å². The fourth-order valence-corrected chi connectivity index (χ4v) is 3.33. The second-order valence-corrected chi connectivity index (χ2v) is 6.64.